The highest BCUT2D eigenvalue weighted by Crippen LogP contribution is 2.55. The lowest BCUT2D eigenvalue weighted by Gasteiger charge is -2.38. The Morgan fingerprint density at radius 1 is 1.10 bits per heavy atom. The van der Waals surface area contributed by atoms with Gasteiger partial charge in [0.15, 0.2) is 0 Å². The topological polar surface area (TPSA) is 87.7 Å². The van der Waals surface area contributed by atoms with Crippen LogP contribution in [0.4, 0.5) is 10.1 Å². The van der Waals surface area contributed by atoms with E-state index < -0.39 is 41.3 Å². The minimum Gasteiger partial charge on any atom is -0.359 e. The molecule has 3 heterocycles. The maximum absolute atomic E-state index is 14.2. The lowest BCUT2D eigenvalue weighted by atomic mass is 9.73. The van der Waals surface area contributed by atoms with Gasteiger partial charge in [-0.15, -0.1) is 0 Å². The average molecular weight is 601 g/mol. The van der Waals surface area contributed by atoms with Gasteiger partial charge in [-0.05, 0) is 48.1 Å². The highest BCUT2D eigenvalue weighted by atomic mass is 35.5. The molecular weight excluding hydrogens is 568 g/mol. The molecular formula is C31H32Cl2FN3O4. The monoisotopic (exact) mass is 599 g/mol. The molecule has 216 valence electrons. The van der Waals surface area contributed by atoms with E-state index in [0.29, 0.717) is 22.2 Å². The lowest BCUT2D eigenvalue weighted by Crippen LogP contribution is -2.57. The van der Waals surface area contributed by atoms with Crippen molar-refractivity contribution in [3.8, 4) is 0 Å². The molecule has 3 amide bonds. The van der Waals surface area contributed by atoms with Crippen LogP contribution in [-0.2, 0) is 25.7 Å². The largest absolute Gasteiger partial charge is 0.359 e. The Labute approximate surface area is 248 Å². The molecule has 41 heavy (non-hydrogen) atoms. The molecule has 6 rings (SSSR count). The van der Waals surface area contributed by atoms with Crippen LogP contribution in [0, 0.1) is 29.5 Å². The number of benzene rings is 2. The number of likely N-dealkylation sites (tertiary alicyclic amines) is 1. The zero-order chi connectivity index (χ0) is 29.1. The van der Waals surface area contributed by atoms with Gasteiger partial charge in [0.1, 0.15) is 17.5 Å². The number of carbonyl (C=O) groups is 3. The van der Waals surface area contributed by atoms with E-state index in [0.717, 1.165) is 25.3 Å². The predicted octanol–water partition coefficient (Wildman–Crippen LogP) is 5.36. The van der Waals surface area contributed by atoms with E-state index in [1.165, 1.54) is 17.0 Å². The predicted molar refractivity (Wildman–Crippen MR) is 154 cm³/mol. The number of halogens is 3. The molecule has 2 aromatic carbocycles. The third-order valence-electron chi connectivity index (χ3n) is 9.45. The van der Waals surface area contributed by atoms with Gasteiger partial charge in [-0.2, -0.15) is 0 Å². The number of fused-ring (bicyclic) bond motifs is 1. The van der Waals surface area contributed by atoms with Crippen LogP contribution >= 0.6 is 23.2 Å². The smallest absolute Gasteiger partial charge is 0.246 e. The fraction of sp³-hybridized carbons (Fsp3) is 0.452. The van der Waals surface area contributed by atoms with Crippen LogP contribution in [0.2, 0.25) is 10.0 Å². The minimum atomic E-state index is -1.31. The molecule has 7 nitrogen and oxygen atoms in total. The van der Waals surface area contributed by atoms with Gasteiger partial charge < -0.3 is 20.3 Å². The molecule has 10 heteroatoms. The molecule has 0 unspecified atom stereocenters. The maximum Gasteiger partial charge on any atom is 0.246 e. The highest BCUT2D eigenvalue weighted by Gasteiger charge is 2.72. The van der Waals surface area contributed by atoms with Crippen molar-refractivity contribution in [3.63, 3.8) is 0 Å². The quantitative estimate of drug-likeness (QED) is 0.437. The Balaban J connectivity index is 1.34. The molecule has 3 fully saturated rings. The van der Waals surface area contributed by atoms with Crippen LogP contribution in [0.1, 0.15) is 38.7 Å². The molecule has 2 aromatic rings. The number of nitrogens with zero attached hydrogens (tertiary/aromatic N) is 1. The van der Waals surface area contributed by atoms with Gasteiger partial charge in [-0.1, -0.05) is 80.2 Å². The molecule has 1 aliphatic carbocycles. The molecule has 4 aliphatic rings. The van der Waals surface area contributed by atoms with Crippen LogP contribution in [0.3, 0.4) is 0 Å². The average Bonchev–Trinajstić information content (AvgIpc) is 3.58. The second-order valence-electron chi connectivity index (χ2n) is 11.8. The Hall–Kier alpha value is -2.94. The first-order chi connectivity index (χ1) is 19.6. The Morgan fingerprint density at radius 2 is 1.88 bits per heavy atom. The zero-order valence-electron chi connectivity index (χ0n) is 22.8. The SMILES string of the molecule is C[C@@H]1[C@H](C)CCC[C@@H]1NC(=O)[C@@H]1N(Cc2ccccc2Cl)C(=O)[C@H]2[C@H](C(=O)Nc3ccc(F)c(Cl)c3)[C@H]3C=C[C@@]12O3. The number of hydrogen-bond donors (Lipinski definition) is 2. The Kier molecular flexibility index (Phi) is 7.37. The summed E-state index contributed by atoms with van der Waals surface area (Å²) >= 11 is 12.4. The minimum absolute atomic E-state index is 0.0242. The molecule has 8 atom stereocenters. The summed E-state index contributed by atoms with van der Waals surface area (Å²) < 4.78 is 20.1. The van der Waals surface area contributed by atoms with E-state index in [2.05, 4.69) is 24.5 Å². The number of nitrogens with one attached hydrogen (secondary N) is 2. The van der Waals surface area contributed by atoms with Gasteiger partial charge in [-0.3, -0.25) is 14.4 Å². The molecule has 2 bridgehead atoms. The van der Waals surface area contributed by atoms with Crippen molar-refractivity contribution < 1.29 is 23.5 Å². The van der Waals surface area contributed by atoms with E-state index in [4.69, 9.17) is 27.9 Å². The van der Waals surface area contributed by atoms with E-state index in [1.807, 2.05) is 12.1 Å². The molecule has 2 N–H and O–H groups in total. The second kappa shape index (κ2) is 10.7. The van der Waals surface area contributed by atoms with Crippen LogP contribution in [-0.4, -0.2) is 46.4 Å². The van der Waals surface area contributed by atoms with Crippen LogP contribution in [0.15, 0.2) is 54.6 Å². The van der Waals surface area contributed by atoms with E-state index in [-0.39, 0.29) is 35.3 Å². The first kappa shape index (κ1) is 28.2. The van der Waals surface area contributed by atoms with Gasteiger partial charge in [-0.25, -0.2) is 4.39 Å². The first-order valence-electron chi connectivity index (χ1n) is 14.1. The van der Waals surface area contributed by atoms with Gasteiger partial charge in [0.25, 0.3) is 0 Å². The van der Waals surface area contributed by atoms with Crippen molar-refractivity contribution in [1.29, 1.82) is 0 Å². The molecule has 2 saturated heterocycles. The summed E-state index contributed by atoms with van der Waals surface area (Å²) in [5, 5.41) is 6.36. The fourth-order valence-corrected chi connectivity index (χ4v) is 7.47. The molecule has 1 saturated carbocycles. The molecule has 0 radical (unpaired) electrons. The molecule has 1 spiro atoms. The van der Waals surface area contributed by atoms with Gasteiger partial charge in [0.2, 0.25) is 17.7 Å². The number of rotatable bonds is 6. The molecule has 0 aromatic heterocycles. The van der Waals surface area contributed by atoms with Crippen LogP contribution < -0.4 is 10.6 Å². The van der Waals surface area contributed by atoms with Gasteiger partial charge >= 0.3 is 0 Å². The summed E-state index contributed by atoms with van der Waals surface area (Å²) in [6.45, 7) is 4.44. The summed E-state index contributed by atoms with van der Waals surface area (Å²) in [6, 6.07) is 10.1. The Morgan fingerprint density at radius 3 is 2.63 bits per heavy atom. The number of hydrogen-bond acceptors (Lipinski definition) is 4. The summed E-state index contributed by atoms with van der Waals surface area (Å²) in [5.41, 5.74) is -0.314. The summed E-state index contributed by atoms with van der Waals surface area (Å²) in [6.07, 6.45) is 5.85. The van der Waals surface area contributed by atoms with Crippen molar-refractivity contribution in [2.24, 2.45) is 23.7 Å². The molecule has 3 aliphatic heterocycles. The number of ether oxygens (including phenoxy) is 1. The van der Waals surface area contributed by atoms with Crippen molar-refractivity contribution in [1.82, 2.24) is 10.2 Å². The van der Waals surface area contributed by atoms with Crippen LogP contribution in [0.5, 0.6) is 0 Å². The van der Waals surface area contributed by atoms with E-state index in [9.17, 15) is 18.8 Å². The van der Waals surface area contributed by atoms with Crippen molar-refractivity contribution in [2.75, 3.05) is 5.32 Å². The van der Waals surface area contributed by atoms with Gasteiger partial charge in [0, 0.05) is 23.3 Å². The Bertz CT molecular complexity index is 1440. The highest BCUT2D eigenvalue weighted by molar-refractivity contribution is 6.31. The van der Waals surface area contributed by atoms with Crippen molar-refractivity contribution in [3.05, 3.63) is 76.0 Å². The zero-order valence-corrected chi connectivity index (χ0v) is 24.3. The summed E-state index contributed by atoms with van der Waals surface area (Å²) in [4.78, 5) is 43.5. The first-order valence-corrected chi connectivity index (χ1v) is 14.8. The van der Waals surface area contributed by atoms with Gasteiger partial charge in [0.05, 0.1) is 23.0 Å². The number of anilines is 1. The standard InChI is InChI=1S/C31H32Cl2FN3O4/c1-16-6-5-9-23(17(16)2)36-29(39)27-31-13-12-24(41-31)25(28(38)35-19-10-11-22(34)21(33)14-19)26(31)30(40)37(27)15-18-7-3-4-8-20(18)32/h3-4,7-8,10-14,16-17,23-27H,5-6,9,15H2,1-2H3,(H,35,38)(H,36,39)/t16-,17-,23+,24-,25-,26-,27+,31+/m1/s1. The second-order valence-corrected chi connectivity index (χ2v) is 12.6. The third kappa shape index (κ3) is 4.74. The number of amides is 3. The summed E-state index contributed by atoms with van der Waals surface area (Å²) in [5.74, 6) is -2.77. The third-order valence-corrected chi connectivity index (χ3v) is 10.1. The van der Waals surface area contributed by atoms with Crippen molar-refractivity contribution >= 4 is 46.6 Å². The van der Waals surface area contributed by atoms with E-state index >= 15 is 0 Å². The van der Waals surface area contributed by atoms with E-state index in [1.54, 1.807) is 24.3 Å². The normalized spacial score (nSPS) is 33.6. The summed E-state index contributed by atoms with van der Waals surface area (Å²) in [7, 11) is 0. The lowest BCUT2D eigenvalue weighted by molar-refractivity contribution is -0.142. The fourth-order valence-electron chi connectivity index (χ4n) is 7.09. The maximum atomic E-state index is 14.2. The number of carbonyl (C=O) groups excluding carboxylic acids is 3. The van der Waals surface area contributed by atoms with Crippen LogP contribution in [0.25, 0.3) is 0 Å². The van der Waals surface area contributed by atoms with Crippen molar-refractivity contribution in [2.45, 2.75) is 63.4 Å².